The van der Waals surface area contributed by atoms with Crippen molar-refractivity contribution in [2.75, 3.05) is 5.32 Å². The van der Waals surface area contributed by atoms with Crippen molar-refractivity contribution in [1.82, 2.24) is 9.55 Å². The summed E-state index contributed by atoms with van der Waals surface area (Å²) < 4.78 is 8.14. The summed E-state index contributed by atoms with van der Waals surface area (Å²) in [5.74, 6) is 1.17. The van der Waals surface area contributed by atoms with E-state index in [4.69, 9.17) is 4.74 Å². The van der Waals surface area contributed by atoms with Gasteiger partial charge in [0.15, 0.2) is 0 Å². The second-order valence-electron chi connectivity index (χ2n) is 7.49. The number of nitrogens with zero attached hydrogens (tertiary/aromatic N) is 2. The minimum absolute atomic E-state index is 0.00107. The van der Waals surface area contributed by atoms with Crippen molar-refractivity contribution in [1.29, 1.82) is 0 Å². The van der Waals surface area contributed by atoms with Gasteiger partial charge in [-0.15, -0.1) is 0 Å². The van der Waals surface area contributed by atoms with E-state index in [1.807, 2.05) is 30.6 Å². The zero-order chi connectivity index (χ0) is 17.8. The van der Waals surface area contributed by atoms with E-state index in [2.05, 4.69) is 20.9 Å². The van der Waals surface area contributed by atoms with Crippen molar-refractivity contribution in [3.63, 3.8) is 0 Å². The number of hydrogen-bond acceptors (Lipinski definition) is 3. The fourth-order valence-corrected chi connectivity index (χ4v) is 4.01. The molecule has 2 aromatic rings. The van der Waals surface area contributed by atoms with Gasteiger partial charge in [0.1, 0.15) is 5.82 Å². The lowest BCUT2D eigenvalue weighted by molar-refractivity contribution is -0.120. The van der Waals surface area contributed by atoms with Crippen molar-refractivity contribution in [3.05, 3.63) is 48.0 Å². The molecular weight excluding hydrogens is 326 g/mol. The second-order valence-corrected chi connectivity index (χ2v) is 7.49. The number of imidazole rings is 1. The summed E-state index contributed by atoms with van der Waals surface area (Å²) in [6.45, 7) is 1.34. The number of carbonyl (C=O) groups excluding carboxylic acids is 1. The largest absolute Gasteiger partial charge is 0.374 e. The lowest BCUT2D eigenvalue weighted by Crippen LogP contribution is -2.31. The predicted molar refractivity (Wildman–Crippen MR) is 101 cm³/mol. The van der Waals surface area contributed by atoms with Gasteiger partial charge in [0.05, 0.1) is 18.6 Å². The summed E-state index contributed by atoms with van der Waals surface area (Å²) in [5, 5.41) is 3.08. The normalized spacial score (nSPS) is 20.5. The molecule has 2 aliphatic rings. The number of fused-ring (bicyclic) bond motifs is 1. The van der Waals surface area contributed by atoms with E-state index in [0.717, 1.165) is 29.9 Å². The van der Waals surface area contributed by atoms with Gasteiger partial charge in [-0.3, -0.25) is 4.79 Å². The van der Waals surface area contributed by atoms with Gasteiger partial charge < -0.3 is 14.6 Å². The highest BCUT2D eigenvalue weighted by molar-refractivity contribution is 5.92. The van der Waals surface area contributed by atoms with Crippen LogP contribution in [0.4, 0.5) is 5.69 Å². The molecule has 0 saturated heterocycles. The standard InChI is InChI=1S/C21H27N3O2/c25-21(17-9-10-20-22-11-12-24(20)14-17)23-18-6-4-5-16(13-18)15-26-19-7-2-1-3-8-19/h4-6,11-13,17,19H,1-3,7-10,14-15H2,(H,23,25). The van der Waals surface area contributed by atoms with Gasteiger partial charge in [-0.25, -0.2) is 4.98 Å². The first-order valence-corrected chi connectivity index (χ1v) is 9.79. The smallest absolute Gasteiger partial charge is 0.229 e. The molecule has 1 atom stereocenters. The Kier molecular flexibility index (Phi) is 5.34. The van der Waals surface area contributed by atoms with Gasteiger partial charge in [0, 0.05) is 31.0 Å². The van der Waals surface area contributed by atoms with E-state index in [0.29, 0.717) is 19.3 Å². The Morgan fingerprint density at radius 3 is 3.00 bits per heavy atom. The number of nitrogens with one attached hydrogen (secondary N) is 1. The molecule has 138 valence electrons. The van der Waals surface area contributed by atoms with Crippen molar-refractivity contribution < 1.29 is 9.53 Å². The molecule has 1 saturated carbocycles. The molecule has 1 aliphatic heterocycles. The molecule has 4 rings (SSSR count). The summed E-state index contributed by atoms with van der Waals surface area (Å²) in [4.78, 5) is 17.0. The van der Waals surface area contributed by atoms with Crippen LogP contribution in [0.1, 0.15) is 49.9 Å². The highest BCUT2D eigenvalue weighted by Crippen LogP contribution is 2.23. The summed E-state index contributed by atoms with van der Waals surface area (Å²) in [7, 11) is 0. The highest BCUT2D eigenvalue weighted by Gasteiger charge is 2.25. The minimum Gasteiger partial charge on any atom is -0.374 e. The maximum absolute atomic E-state index is 12.6. The zero-order valence-electron chi connectivity index (χ0n) is 15.2. The predicted octanol–water partition coefficient (Wildman–Crippen LogP) is 3.93. The molecule has 1 aliphatic carbocycles. The number of amides is 1. The number of hydrogen-bond donors (Lipinski definition) is 1. The number of rotatable bonds is 5. The van der Waals surface area contributed by atoms with Crippen LogP contribution >= 0.6 is 0 Å². The fraction of sp³-hybridized carbons (Fsp3) is 0.524. The molecule has 26 heavy (non-hydrogen) atoms. The first kappa shape index (κ1) is 17.3. The first-order chi connectivity index (χ1) is 12.8. The van der Waals surface area contributed by atoms with Gasteiger partial charge in [-0.05, 0) is 37.0 Å². The minimum atomic E-state index is -0.00107. The molecule has 0 bridgehead atoms. The van der Waals surface area contributed by atoms with E-state index < -0.39 is 0 Å². The number of anilines is 1. The molecular formula is C21H27N3O2. The fourth-order valence-electron chi connectivity index (χ4n) is 4.01. The van der Waals surface area contributed by atoms with Crippen LogP contribution < -0.4 is 5.32 Å². The third kappa shape index (κ3) is 4.15. The number of aromatic nitrogens is 2. The second kappa shape index (κ2) is 8.04. The molecule has 5 heteroatoms. The van der Waals surface area contributed by atoms with Crippen LogP contribution in [0.2, 0.25) is 0 Å². The Hall–Kier alpha value is -2.14. The molecule has 5 nitrogen and oxygen atoms in total. The maximum atomic E-state index is 12.6. The lowest BCUT2D eigenvalue weighted by Gasteiger charge is -2.23. The third-order valence-corrected chi connectivity index (χ3v) is 5.54. The molecule has 1 N–H and O–H groups in total. The number of benzene rings is 1. The van der Waals surface area contributed by atoms with Gasteiger partial charge in [-0.2, -0.15) is 0 Å². The van der Waals surface area contributed by atoms with Crippen LogP contribution in [0.3, 0.4) is 0 Å². The molecule has 1 amide bonds. The van der Waals surface area contributed by atoms with E-state index >= 15 is 0 Å². The molecule has 0 spiro atoms. The number of ether oxygens (including phenoxy) is 1. The molecule has 1 aromatic carbocycles. The average molecular weight is 353 g/mol. The van der Waals surface area contributed by atoms with Crippen LogP contribution in [-0.4, -0.2) is 21.6 Å². The summed E-state index contributed by atoms with van der Waals surface area (Å²) in [6, 6.07) is 8.04. The molecule has 2 heterocycles. The molecule has 0 radical (unpaired) electrons. The van der Waals surface area contributed by atoms with E-state index in [-0.39, 0.29) is 11.8 Å². The summed E-state index contributed by atoms with van der Waals surface area (Å²) >= 11 is 0. The van der Waals surface area contributed by atoms with Crippen LogP contribution in [0.25, 0.3) is 0 Å². The average Bonchev–Trinajstić information content (AvgIpc) is 3.15. The Labute approximate surface area is 154 Å². The van der Waals surface area contributed by atoms with Crippen molar-refractivity contribution in [3.8, 4) is 0 Å². The Bertz CT molecular complexity index is 749. The van der Waals surface area contributed by atoms with Gasteiger partial charge in [0.25, 0.3) is 0 Å². The van der Waals surface area contributed by atoms with Gasteiger partial charge >= 0.3 is 0 Å². The molecule has 1 aromatic heterocycles. The summed E-state index contributed by atoms with van der Waals surface area (Å²) in [5.41, 5.74) is 1.98. The number of carbonyl (C=O) groups is 1. The van der Waals surface area contributed by atoms with Crippen LogP contribution in [0, 0.1) is 5.92 Å². The zero-order valence-corrected chi connectivity index (χ0v) is 15.2. The van der Waals surface area contributed by atoms with E-state index in [9.17, 15) is 4.79 Å². The van der Waals surface area contributed by atoms with Crippen molar-refractivity contribution >= 4 is 11.6 Å². The Balaban J connectivity index is 1.32. The summed E-state index contributed by atoms with van der Waals surface area (Å²) in [6.07, 6.45) is 12.1. The van der Waals surface area contributed by atoms with Crippen molar-refractivity contribution in [2.24, 2.45) is 5.92 Å². The van der Waals surface area contributed by atoms with Gasteiger partial charge in [0.2, 0.25) is 5.91 Å². The van der Waals surface area contributed by atoms with Crippen LogP contribution in [0.15, 0.2) is 36.7 Å². The Morgan fingerprint density at radius 1 is 1.23 bits per heavy atom. The Morgan fingerprint density at radius 2 is 2.12 bits per heavy atom. The topological polar surface area (TPSA) is 56.1 Å². The van der Waals surface area contributed by atoms with E-state index in [1.165, 1.54) is 32.1 Å². The highest BCUT2D eigenvalue weighted by atomic mass is 16.5. The first-order valence-electron chi connectivity index (χ1n) is 9.79. The molecule has 1 fully saturated rings. The van der Waals surface area contributed by atoms with Crippen molar-refractivity contribution in [2.45, 2.75) is 64.2 Å². The monoisotopic (exact) mass is 353 g/mol. The van der Waals surface area contributed by atoms with Crippen LogP contribution in [0.5, 0.6) is 0 Å². The lowest BCUT2D eigenvalue weighted by atomic mass is 9.98. The molecule has 1 unspecified atom stereocenters. The maximum Gasteiger partial charge on any atom is 0.229 e. The van der Waals surface area contributed by atoms with E-state index in [1.54, 1.807) is 0 Å². The third-order valence-electron chi connectivity index (χ3n) is 5.54. The SMILES string of the molecule is O=C(Nc1cccc(COC2CCCCC2)c1)C1CCc2nccn2C1. The van der Waals surface area contributed by atoms with Crippen LogP contribution in [-0.2, 0) is 29.1 Å². The number of aryl methyl sites for hydroxylation is 1. The quantitative estimate of drug-likeness (QED) is 0.886. The van der Waals surface area contributed by atoms with Gasteiger partial charge in [-0.1, -0.05) is 31.4 Å².